The van der Waals surface area contributed by atoms with Crippen LogP contribution in [0.5, 0.6) is 0 Å². The first-order valence-electron chi connectivity index (χ1n) is 15.6. The molecule has 2 aromatic rings. The number of rotatable bonds is 7. The Labute approximate surface area is 272 Å². The molecule has 0 spiro atoms. The molecule has 2 aromatic carbocycles. The number of aliphatic hydroxyl groups is 1. The molecule has 12 heteroatoms. The van der Waals surface area contributed by atoms with E-state index in [-0.39, 0.29) is 41.0 Å². The lowest BCUT2D eigenvalue weighted by Crippen LogP contribution is -2.69. The van der Waals surface area contributed by atoms with E-state index in [2.05, 4.69) is 6.58 Å². The Balaban J connectivity index is 1.34. The summed E-state index contributed by atoms with van der Waals surface area (Å²) in [6.07, 6.45) is -3.23. The quantitative estimate of drug-likeness (QED) is 0.179. The van der Waals surface area contributed by atoms with E-state index in [0.29, 0.717) is 49.2 Å². The van der Waals surface area contributed by atoms with Crippen molar-refractivity contribution in [2.24, 2.45) is 11.8 Å². The molecule has 3 fully saturated rings. The van der Waals surface area contributed by atoms with Crippen LogP contribution in [0.4, 0.5) is 39.5 Å². The first-order chi connectivity index (χ1) is 22.5. The van der Waals surface area contributed by atoms with Crippen molar-refractivity contribution < 1.29 is 49.1 Å². The van der Waals surface area contributed by atoms with Gasteiger partial charge in [-0.3, -0.25) is 0 Å². The number of allylic oxidation sites excluding steroid dienone is 4. The summed E-state index contributed by atoms with van der Waals surface area (Å²) in [5, 5.41) is 12.1. The van der Waals surface area contributed by atoms with Crippen LogP contribution in [-0.2, 0) is 31.6 Å². The van der Waals surface area contributed by atoms with E-state index in [9.17, 15) is 44.6 Å². The van der Waals surface area contributed by atoms with Gasteiger partial charge in [-0.25, -0.2) is 0 Å². The molecule has 3 saturated heterocycles. The normalized spacial score (nSPS) is 26.4. The van der Waals surface area contributed by atoms with Crippen LogP contribution in [-0.4, -0.2) is 39.7 Å². The second kappa shape index (κ2) is 12.3. The zero-order valence-electron chi connectivity index (χ0n) is 25.7. The summed E-state index contributed by atoms with van der Waals surface area (Å²) < 4.78 is 123. The molecule has 0 radical (unpaired) electrons. The Bertz CT molecular complexity index is 1670. The topological polar surface area (TPSA) is 23.5 Å². The van der Waals surface area contributed by atoms with E-state index in [1.165, 1.54) is 6.07 Å². The Morgan fingerprint density at radius 3 is 2.23 bits per heavy atom. The van der Waals surface area contributed by atoms with Crippen LogP contribution in [0.2, 0.25) is 0 Å². The number of piperidine rings is 3. The van der Waals surface area contributed by atoms with Gasteiger partial charge >= 0.3 is 18.5 Å². The summed E-state index contributed by atoms with van der Waals surface area (Å²) in [7, 11) is 0. The maximum absolute atomic E-state index is 13.8. The smallest absolute Gasteiger partial charge is 0.382 e. The largest absolute Gasteiger partial charge is 0.416 e. The predicted molar refractivity (Wildman–Crippen MR) is 161 cm³/mol. The van der Waals surface area contributed by atoms with Gasteiger partial charge < -0.3 is 14.5 Å². The van der Waals surface area contributed by atoms with Gasteiger partial charge in [0.05, 0.1) is 29.8 Å². The molecule has 4 aliphatic heterocycles. The summed E-state index contributed by atoms with van der Waals surface area (Å²) in [5.41, 5.74) is -1.15. The minimum Gasteiger partial charge on any atom is -0.382 e. The molecular formula is C36H34F9N2O+. The Kier molecular flexibility index (Phi) is 8.73. The van der Waals surface area contributed by atoms with Crippen LogP contribution >= 0.6 is 0 Å². The molecule has 1 aliphatic carbocycles. The maximum Gasteiger partial charge on any atom is 0.416 e. The monoisotopic (exact) mass is 681 g/mol. The minimum atomic E-state index is -4.98. The molecule has 1 N–H and O–H groups in total. The van der Waals surface area contributed by atoms with Gasteiger partial charge in [0.15, 0.2) is 0 Å². The lowest BCUT2D eigenvalue weighted by atomic mass is 9.70. The summed E-state index contributed by atoms with van der Waals surface area (Å²) in [5.74, 6) is 0.122. The van der Waals surface area contributed by atoms with Crippen LogP contribution in [0, 0.1) is 11.8 Å². The fourth-order valence-electron chi connectivity index (χ4n) is 7.96. The second-order valence-electron chi connectivity index (χ2n) is 13.2. The van der Waals surface area contributed by atoms with Gasteiger partial charge in [0.2, 0.25) is 0 Å². The lowest BCUT2D eigenvalue weighted by Gasteiger charge is -2.58. The average molecular weight is 682 g/mol. The third kappa shape index (κ3) is 6.61. The van der Waals surface area contributed by atoms with Crippen molar-refractivity contribution in [2.75, 3.05) is 13.1 Å². The van der Waals surface area contributed by atoms with Gasteiger partial charge in [-0.2, -0.15) is 39.5 Å². The molecule has 2 bridgehead atoms. The van der Waals surface area contributed by atoms with E-state index in [0.717, 1.165) is 29.8 Å². The highest BCUT2D eigenvalue weighted by molar-refractivity contribution is 5.50. The summed E-state index contributed by atoms with van der Waals surface area (Å²) in [6.45, 7) is 4.80. The highest BCUT2D eigenvalue weighted by Crippen LogP contribution is 2.48. The van der Waals surface area contributed by atoms with Crippen LogP contribution in [0.25, 0.3) is 0 Å². The third-order valence-corrected chi connectivity index (χ3v) is 10.2. The number of hydrogen-bond donors (Lipinski definition) is 1. The number of hydrogen-bond acceptors (Lipinski definition) is 2. The minimum absolute atomic E-state index is 0.0225. The van der Waals surface area contributed by atoms with Crippen molar-refractivity contribution in [3.8, 4) is 0 Å². The zero-order valence-corrected chi connectivity index (χ0v) is 25.7. The van der Waals surface area contributed by atoms with E-state index in [4.69, 9.17) is 0 Å². The van der Waals surface area contributed by atoms with Crippen molar-refractivity contribution >= 4 is 0 Å². The van der Waals surface area contributed by atoms with Crippen LogP contribution in [0.1, 0.15) is 47.1 Å². The standard InChI is InChI=1S/C36H34F9N2O/c1-2-24-21-47(20-23-15-27(35(40,41)42)18-28(16-23)36(43,44)45)13-11-25(24)17-32(47)33(48)30-10-12-46(31-9-4-3-8-29(30)31)19-22-6-5-7-26(14-22)34(37,38)39/h2-7,9-10,12,14-16,18,24-25,32-33,48H,1,8,11,13,17,19-21H2/q+1/t24?,25?,32?,33-,47?/m1/s1. The molecule has 4 heterocycles. The number of quaternary nitrogens is 1. The van der Waals surface area contributed by atoms with Crippen LogP contribution in [0.3, 0.4) is 0 Å². The molecule has 0 aromatic heterocycles. The van der Waals surface area contributed by atoms with Crippen molar-refractivity contribution in [3.63, 3.8) is 0 Å². The number of fused-ring (bicyclic) bond motifs is 4. The van der Waals surface area contributed by atoms with Gasteiger partial charge in [0.1, 0.15) is 18.7 Å². The molecule has 256 valence electrons. The van der Waals surface area contributed by atoms with Gasteiger partial charge in [-0.1, -0.05) is 30.4 Å². The Hall–Kier alpha value is -3.77. The Morgan fingerprint density at radius 2 is 1.58 bits per heavy atom. The average Bonchev–Trinajstić information content (AvgIpc) is 3.03. The van der Waals surface area contributed by atoms with E-state index in [1.807, 2.05) is 18.2 Å². The molecule has 3 nitrogen and oxygen atoms in total. The second-order valence-corrected chi connectivity index (χ2v) is 13.2. The number of benzene rings is 2. The van der Waals surface area contributed by atoms with E-state index >= 15 is 0 Å². The van der Waals surface area contributed by atoms with Gasteiger partial charge in [-0.15, -0.1) is 6.58 Å². The third-order valence-electron chi connectivity index (χ3n) is 10.2. The summed E-state index contributed by atoms with van der Waals surface area (Å²) in [6, 6.07) is 6.19. The van der Waals surface area contributed by atoms with Gasteiger partial charge in [0, 0.05) is 42.8 Å². The zero-order chi connectivity index (χ0) is 34.6. The highest BCUT2D eigenvalue weighted by atomic mass is 19.4. The fraction of sp³-hybridized carbons (Fsp3) is 0.389. The number of aliphatic hydroxyl groups excluding tert-OH is 1. The molecule has 4 unspecified atom stereocenters. The number of nitrogens with zero attached hydrogens (tertiary/aromatic N) is 2. The van der Waals surface area contributed by atoms with E-state index in [1.54, 1.807) is 29.3 Å². The summed E-state index contributed by atoms with van der Waals surface area (Å²) >= 11 is 0. The van der Waals surface area contributed by atoms with Crippen molar-refractivity contribution in [1.82, 2.24) is 4.90 Å². The fourth-order valence-corrected chi connectivity index (χ4v) is 7.96. The number of halogens is 9. The van der Waals surface area contributed by atoms with Crippen molar-refractivity contribution in [2.45, 2.75) is 63.0 Å². The number of alkyl halides is 9. The van der Waals surface area contributed by atoms with Crippen LogP contribution < -0.4 is 0 Å². The van der Waals surface area contributed by atoms with Gasteiger partial charge in [0.25, 0.3) is 0 Å². The molecule has 48 heavy (non-hydrogen) atoms. The van der Waals surface area contributed by atoms with Crippen molar-refractivity contribution in [1.29, 1.82) is 0 Å². The van der Waals surface area contributed by atoms with Gasteiger partial charge in [-0.05, 0) is 71.5 Å². The Morgan fingerprint density at radius 1 is 0.917 bits per heavy atom. The molecule has 5 atom stereocenters. The highest BCUT2D eigenvalue weighted by Gasteiger charge is 2.54. The lowest BCUT2D eigenvalue weighted by molar-refractivity contribution is -0.983. The first-order valence-corrected chi connectivity index (χ1v) is 15.6. The van der Waals surface area contributed by atoms with Crippen LogP contribution in [0.15, 0.2) is 102 Å². The summed E-state index contributed by atoms with van der Waals surface area (Å²) in [4.78, 5) is 1.80. The SMILES string of the molecule is C=CC1C[N+]2(Cc3cc(C(F)(F)F)cc(C(F)(F)F)c3)CCC1CC2[C@H](O)C1=C2CC=CC=C2N(Cc2cccc(C(F)(F)F)c2)C=C1. The molecular weight excluding hydrogens is 647 g/mol. The molecule has 0 saturated carbocycles. The van der Waals surface area contributed by atoms with Crippen molar-refractivity contribution in [3.05, 3.63) is 130 Å². The maximum atomic E-state index is 13.8. The molecule has 0 amide bonds. The molecule has 7 rings (SSSR count). The predicted octanol–water partition coefficient (Wildman–Crippen LogP) is 9.19. The first kappa shape index (κ1) is 34.1. The molecule has 5 aliphatic rings. The van der Waals surface area contributed by atoms with E-state index < -0.39 is 47.4 Å².